The average Bonchev–Trinajstić information content (AvgIpc) is 3.63. The van der Waals surface area contributed by atoms with E-state index in [0.29, 0.717) is 0 Å². The molecular weight excluding hydrogens is 888 g/mol. The molecule has 0 radical (unpaired) electrons. The first-order valence-electron chi connectivity index (χ1n) is 18.7. The Morgan fingerprint density at radius 3 is 1.47 bits per heavy atom. The van der Waals surface area contributed by atoms with Crippen LogP contribution < -0.4 is 14.5 Å². The third-order valence-electron chi connectivity index (χ3n) is 7.70. The molecule has 3 N–H and O–H groups in total. The van der Waals surface area contributed by atoms with Crippen LogP contribution in [0.2, 0.25) is 0 Å². The number of anilines is 2. The van der Waals surface area contributed by atoms with Gasteiger partial charge in [-0.3, -0.25) is 0 Å². The van der Waals surface area contributed by atoms with E-state index in [9.17, 15) is 14.4 Å². The van der Waals surface area contributed by atoms with E-state index in [-0.39, 0.29) is 45.7 Å². The molecule has 0 aliphatic carbocycles. The first-order chi connectivity index (χ1) is 28.0. The second-order valence-corrected chi connectivity index (χ2v) is 18.9. The van der Waals surface area contributed by atoms with Crippen molar-refractivity contribution in [2.45, 2.75) is 61.5 Å². The molecule has 12 nitrogen and oxygen atoms in total. The summed E-state index contributed by atoms with van der Waals surface area (Å²) in [6.45, 7) is 23.9. The molecule has 0 saturated carbocycles. The summed E-state index contributed by atoms with van der Waals surface area (Å²) >= 11 is -1.77. The summed E-state index contributed by atoms with van der Waals surface area (Å²) in [5, 5.41) is 24.7. The summed E-state index contributed by atoms with van der Waals surface area (Å²) in [5.41, 5.74) is 11.8. The van der Waals surface area contributed by atoms with Gasteiger partial charge in [0.15, 0.2) is 0 Å². The normalized spacial score (nSPS) is 11.8. The Kier molecular flexibility index (Phi) is 26.0. The third kappa shape index (κ3) is 21.0. The number of hydrogen-bond donors (Lipinski definition) is 3. The summed E-state index contributed by atoms with van der Waals surface area (Å²) < 4.78 is 20.7. The van der Waals surface area contributed by atoms with Crippen molar-refractivity contribution in [2.24, 2.45) is 0 Å². The van der Waals surface area contributed by atoms with Crippen molar-refractivity contribution < 1.29 is 62.2 Å². The Bertz CT molecular complexity index is 1730. The Morgan fingerprint density at radius 2 is 1.12 bits per heavy atom. The summed E-state index contributed by atoms with van der Waals surface area (Å²) in [4.78, 5) is 36.3. The van der Waals surface area contributed by atoms with Crippen LogP contribution in [0.25, 0.3) is 0 Å². The van der Waals surface area contributed by atoms with E-state index >= 15 is 0 Å². The first kappa shape index (κ1) is 52.8. The molecule has 1 heterocycles. The fourth-order valence-corrected chi connectivity index (χ4v) is 7.63. The Morgan fingerprint density at radius 1 is 0.729 bits per heavy atom. The van der Waals surface area contributed by atoms with E-state index in [1.807, 2.05) is 42.7 Å². The monoisotopic (exact) mass is 947 g/mol. The fraction of sp³-hybridized carbons (Fsp3) is 0.386. The second-order valence-electron chi connectivity index (χ2n) is 13.2. The van der Waals surface area contributed by atoms with E-state index in [0.717, 1.165) is 42.6 Å². The molecule has 0 atom stereocenters. The smallest absolute Gasteiger partial charge is 0.331 e. The summed E-state index contributed by atoms with van der Waals surface area (Å²) in [6.07, 6.45) is 2.98. The van der Waals surface area contributed by atoms with Gasteiger partial charge in [-0.1, -0.05) is 42.0 Å². The Balaban J connectivity index is 0.000000422. The first-order valence-corrected chi connectivity index (χ1v) is 24.2. The molecule has 3 aromatic carbocycles. The number of carbonyl (C=O) groups excluding carboxylic acids is 3. The van der Waals surface area contributed by atoms with Gasteiger partial charge >= 0.3 is 116 Å². The topological polar surface area (TPSA) is 155 Å². The van der Waals surface area contributed by atoms with Crippen LogP contribution in [0.15, 0.2) is 73.3 Å². The van der Waals surface area contributed by atoms with Gasteiger partial charge in [-0.2, -0.15) is 9.80 Å². The van der Waals surface area contributed by atoms with Crippen LogP contribution in [0.5, 0.6) is 5.75 Å². The molecule has 59 heavy (non-hydrogen) atoms. The molecule has 0 aromatic heterocycles. The number of nitrogens with zero attached hydrogens (tertiary/aromatic N) is 2. The van der Waals surface area contributed by atoms with E-state index in [1.54, 1.807) is 0 Å². The van der Waals surface area contributed by atoms with Gasteiger partial charge in [0.1, 0.15) is 19.8 Å². The molecular formula is C44H59Cl2N2O10Ru+. The predicted octanol–water partition coefficient (Wildman–Crippen LogP) is 6.85. The van der Waals surface area contributed by atoms with Crippen LogP contribution in [-0.2, 0) is 42.1 Å². The minimum absolute atomic E-state index is 0.0465. The third-order valence-corrected chi connectivity index (χ3v) is 9.54. The van der Waals surface area contributed by atoms with Crippen molar-refractivity contribution in [3.8, 4) is 5.75 Å². The van der Waals surface area contributed by atoms with Crippen molar-refractivity contribution in [1.29, 1.82) is 0 Å². The number of halogens is 2. The molecule has 1 saturated heterocycles. The van der Waals surface area contributed by atoms with E-state index in [4.69, 9.17) is 39.4 Å². The molecule has 4 rings (SSSR count). The zero-order valence-corrected chi connectivity index (χ0v) is 38.4. The maximum atomic E-state index is 10.7. The number of aryl methyl sites for hydroxylation is 6. The van der Waals surface area contributed by atoms with Crippen molar-refractivity contribution in [3.05, 3.63) is 119 Å². The largest absolute Gasteiger partial charge is 0.460 e. The number of rotatable bonds is 14. The molecule has 0 bridgehead atoms. The van der Waals surface area contributed by atoms with Crippen molar-refractivity contribution in [3.63, 3.8) is 0 Å². The number of carbonyl (C=O) groups is 3. The predicted molar refractivity (Wildman–Crippen MR) is 233 cm³/mol. The Labute approximate surface area is 362 Å². The standard InChI is InChI=1S/C21H27N2.C10H12O.C8H12O6.C5H8O3.2ClH.Ru/c1-14-9-16(3)20(17(4)10-14)22-7-8-23(13-22)21-18(5)11-15(2)12-19(21)6;1-8(2)11-10-7-5-4-6-9(10)3;9-3-5-13-7(11)1-2-8(12)14-6-4-10;1-2-5(7)8-4-3-6;;;/h9-13H,7-8H2,1-6H3;3-8H,1-2H3;1-2,9-10H,3-6H2;2,6H,1,3-4H2;2*1H;/q+1;;;;;;+2/p-2/b;;2-1+;;;;. The average molecular weight is 948 g/mol. The van der Waals surface area contributed by atoms with Crippen LogP contribution in [-0.4, -0.2) is 96.7 Å². The molecule has 1 fully saturated rings. The second kappa shape index (κ2) is 29.1. The van der Waals surface area contributed by atoms with Crippen molar-refractivity contribution >= 4 is 53.3 Å². The molecule has 15 heteroatoms. The van der Waals surface area contributed by atoms with Gasteiger partial charge < -0.3 is 29.5 Å². The van der Waals surface area contributed by atoms with Gasteiger partial charge in [-0.15, -0.1) is 0 Å². The van der Waals surface area contributed by atoms with Crippen LogP contribution in [0, 0.1) is 48.2 Å². The van der Waals surface area contributed by atoms with Crippen LogP contribution in [0.4, 0.5) is 11.4 Å². The van der Waals surface area contributed by atoms with Crippen molar-refractivity contribution in [1.82, 2.24) is 0 Å². The molecule has 1 aliphatic rings. The van der Waals surface area contributed by atoms with E-state index < -0.39 is 31.4 Å². The minimum Gasteiger partial charge on any atom is -0.460 e. The van der Waals surface area contributed by atoms with Gasteiger partial charge in [-0.05, 0) is 63.8 Å². The molecule has 1 aliphatic heterocycles. The van der Waals surface area contributed by atoms with E-state index in [2.05, 4.69) is 103 Å². The Hall–Kier alpha value is -4.23. The van der Waals surface area contributed by atoms with Gasteiger partial charge in [0, 0.05) is 18.2 Å². The number of para-hydroxylation sites is 1. The number of esters is 3. The number of benzene rings is 3. The van der Waals surface area contributed by atoms with Crippen LogP contribution >= 0.6 is 19.4 Å². The van der Waals surface area contributed by atoms with Gasteiger partial charge in [0.2, 0.25) is 0 Å². The molecule has 3 aromatic rings. The maximum absolute atomic E-state index is 10.7. The number of ether oxygens (including phenoxy) is 4. The van der Waals surface area contributed by atoms with Crippen LogP contribution in [0.1, 0.15) is 52.8 Å². The molecule has 326 valence electrons. The maximum Gasteiger partial charge on any atom is 0.331 e. The number of aliphatic hydroxyl groups is 3. The summed E-state index contributed by atoms with van der Waals surface area (Å²) in [7, 11) is 11.6. The number of aliphatic hydroxyl groups excluding tert-OH is 3. The molecule has 0 spiro atoms. The zero-order valence-electron chi connectivity index (χ0n) is 35.2. The van der Waals surface area contributed by atoms with E-state index in [1.165, 1.54) is 44.8 Å². The van der Waals surface area contributed by atoms with Gasteiger partial charge in [0.05, 0.1) is 44.3 Å². The zero-order chi connectivity index (χ0) is 44.5. The van der Waals surface area contributed by atoms with Crippen molar-refractivity contribution in [2.75, 3.05) is 62.5 Å². The SMILES string of the molecule is C=CC(=O)OCCO.CC(C)Oc1ccccc1[CH]=[Ru]([Cl])[Cl].Cc1cc(C)c(N2[CH+]N(c3c(C)cc(C)cc3C)CC2)c(C)c1.O=C(/C=C/C(=O)OCCO)OCCO. The summed E-state index contributed by atoms with van der Waals surface area (Å²) in [6, 6.07) is 16.9. The van der Waals surface area contributed by atoms with Gasteiger partial charge in [0.25, 0.3) is 6.67 Å². The summed E-state index contributed by atoms with van der Waals surface area (Å²) in [5.74, 6) is -1.12. The quantitative estimate of drug-likeness (QED) is 0.0509. The van der Waals surface area contributed by atoms with Crippen LogP contribution in [0.3, 0.4) is 0 Å². The fourth-order valence-electron chi connectivity index (χ4n) is 5.83. The molecule has 0 amide bonds. The van der Waals surface area contributed by atoms with Gasteiger partial charge in [-0.25, -0.2) is 14.4 Å². The molecule has 0 unspecified atom stereocenters. The number of hydrogen-bond acceptors (Lipinski definition) is 12. The minimum atomic E-state index is -1.77.